The van der Waals surface area contributed by atoms with Crippen LogP contribution < -0.4 is 4.74 Å². The van der Waals surface area contributed by atoms with E-state index in [0.717, 1.165) is 15.9 Å². The maximum absolute atomic E-state index is 13.0. The number of ether oxygens (including phenoxy) is 1. The van der Waals surface area contributed by atoms with E-state index in [2.05, 4.69) is 21.0 Å². The lowest BCUT2D eigenvalue weighted by molar-refractivity contribution is 0.293. The normalized spacial score (nSPS) is 10.7. The fraction of sp³-hybridized carbons (Fsp3) is 0.250. The summed E-state index contributed by atoms with van der Waals surface area (Å²) in [6, 6.07) is 4.27. The summed E-state index contributed by atoms with van der Waals surface area (Å²) in [5.74, 6) is 0.0636. The first kappa shape index (κ1) is 13.4. The molecule has 0 spiro atoms. The number of hydrogen-bond donors (Lipinski definition) is 0. The van der Waals surface area contributed by atoms with Gasteiger partial charge < -0.3 is 4.74 Å². The van der Waals surface area contributed by atoms with Crippen LogP contribution in [0.5, 0.6) is 5.75 Å². The van der Waals surface area contributed by atoms with Crippen molar-refractivity contribution in [2.75, 3.05) is 0 Å². The van der Waals surface area contributed by atoms with E-state index < -0.39 is 5.82 Å². The van der Waals surface area contributed by atoms with Crippen molar-refractivity contribution in [3.05, 3.63) is 44.9 Å². The van der Waals surface area contributed by atoms with E-state index in [1.807, 2.05) is 14.0 Å². The Bertz CT molecular complexity index is 586. The quantitative estimate of drug-likeness (QED) is 0.853. The van der Waals surface area contributed by atoms with Crippen molar-refractivity contribution in [3.8, 4) is 5.75 Å². The average molecular weight is 334 g/mol. The molecule has 6 heteroatoms. The predicted molar refractivity (Wildman–Crippen MR) is 71.4 cm³/mol. The molecule has 2 aromatic rings. The zero-order valence-electron chi connectivity index (χ0n) is 9.88. The van der Waals surface area contributed by atoms with E-state index in [0.29, 0.717) is 12.4 Å². The highest BCUT2D eigenvalue weighted by molar-refractivity contribution is 9.10. The third kappa shape index (κ3) is 2.67. The zero-order valence-corrected chi connectivity index (χ0v) is 12.2. The van der Waals surface area contributed by atoms with E-state index in [1.54, 1.807) is 10.7 Å². The molecule has 0 aliphatic heterocycles. The molecule has 0 saturated carbocycles. The first-order valence-electron chi connectivity index (χ1n) is 5.25. The molecular formula is C12H11BrClFN2O. The molecule has 1 aromatic carbocycles. The molecule has 0 unspecified atom stereocenters. The highest BCUT2D eigenvalue weighted by Gasteiger charge is 2.11. The molecule has 0 saturated heterocycles. The van der Waals surface area contributed by atoms with Crippen LogP contribution in [0.3, 0.4) is 0 Å². The first-order chi connectivity index (χ1) is 8.49. The Labute approximate surface area is 118 Å². The molecule has 0 fully saturated rings. The summed E-state index contributed by atoms with van der Waals surface area (Å²) in [6.07, 6.45) is 0. The summed E-state index contributed by atoms with van der Waals surface area (Å²) in [4.78, 5) is 0. The van der Waals surface area contributed by atoms with Gasteiger partial charge in [-0.25, -0.2) is 4.39 Å². The number of nitrogens with zero attached hydrogens (tertiary/aromatic N) is 2. The molecule has 1 aromatic heterocycles. The SMILES string of the molecule is Cc1nn(C)c(COc2ccc(F)c(Cl)c2)c1Br. The second kappa shape index (κ2) is 5.28. The van der Waals surface area contributed by atoms with Crippen LogP contribution in [0, 0.1) is 12.7 Å². The van der Waals surface area contributed by atoms with Crippen LogP contribution in [0.15, 0.2) is 22.7 Å². The Balaban J connectivity index is 2.14. The van der Waals surface area contributed by atoms with Crippen LogP contribution in [0.25, 0.3) is 0 Å². The molecule has 0 aliphatic rings. The Hall–Kier alpha value is -1.07. The monoisotopic (exact) mass is 332 g/mol. The second-order valence-corrected chi connectivity index (χ2v) is 5.03. The van der Waals surface area contributed by atoms with Crippen LogP contribution >= 0.6 is 27.5 Å². The summed E-state index contributed by atoms with van der Waals surface area (Å²) in [6.45, 7) is 2.24. The number of rotatable bonds is 3. The van der Waals surface area contributed by atoms with Gasteiger partial charge in [0.15, 0.2) is 0 Å². The van der Waals surface area contributed by atoms with Crippen molar-refractivity contribution in [1.29, 1.82) is 0 Å². The van der Waals surface area contributed by atoms with Gasteiger partial charge >= 0.3 is 0 Å². The molecule has 18 heavy (non-hydrogen) atoms. The van der Waals surface area contributed by atoms with Gasteiger partial charge in [0, 0.05) is 13.1 Å². The summed E-state index contributed by atoms with van der Waals surface area (Å²) in [5.41, 5.74) is 1.81. The van der Waals surface area contributed by atoms with Crippen molar-refractivity contribution < 1.29 is 9.13 Å². The lowest BCUT2D eigenvalue weighted by Gasteiger charge is -2.07. The van der Waals surface area contributed by atoms with Crippen molar-refractivity contribution in [3.63, 3.8) is 0 Å². The minimum atomic E-state index is -0.457. The standard InChI is InChI=1S/C12H11BrClFN2O/c1-7-12(13)11(17(2)16-7)6-18-8-3-4-10(15)9(14)5-8/h3-5H,6H2,1-2H3. The molecule has 2 rings (SSSR count). The third-order valence-corrected chi connectivity index (χ3v) is 3.85. The van der Waals surface area contributed by atoms with Gasteiger partial charge in [-0.05, 0) is 35.0 Å². The van der Waals surface area contributed by atoms with Gasteiger partial charge in [0.25, 0.3) is 0 Å². The van der Waals surface area contributed by atoms with Crippen molar-refractivity contribution in [2.45, 2.75) is 13.5 Å². The molecular weight excluding hydrogens is 322 g/mol. The van der Waals surface area contributed by atoms with Crippen LogP contribution in [-0.4, -0.2) is 9.78 Å². The number of aryl methyl sites for hydroxylation is 2. The minimum absolute atomic E-state index is 0.0488. The van der Waals surface area contributed by atoms with E-state index >= 15 is 0 Å². The second-order valence-electron chi connectivity index (χ2n) is 3.83. The number of benzene rings is 1. The topological polar surface area (TPSA) is 27.1 Å². The molecule has 96 valence electrons. The molecule has 0 radical (unpaired) electrons. The smallest absolute Gasteiger partial charge is 0.142 e. The fourth-order valence-electron chi connectivity index (χ4n) is 1.56. The summed E-state index contributed by atoms with van der Waals surface area (Å²) < 4.78 is 21.2. The fourth-order valence-corrected chi connectivity index (χ4v) is 2.18. The predicted octanol–water partition coefficient (Wildman–Crippen LogP) is 3.86. The Morgan fingerprint density at radius 1 is 1.50 bits per heavy atom. The lowest BCUT2D eigenvalue weighted by atomic mass is 10.3. The molecule has 0 aliphatic carbocycles. The van der Waals surface area contributed by atoms with Gasteiger partial charge in [-0.1, -0.05) is 11.6 Å². The molecule has 0 amide bonds. The van der Waals surface area contributed by atoms with E-state index in [9.17, 15) is 4.39 Å². The highest BCUT2D eigenvalue weighted by atomic mass is 79.9. The van der Waals surface area contributed by atoms with Crippen LogP contribution in [0.2, 0.25) is 5.02 Å². The van der Waals surface area contributed by atoms with Crippen molar-refractivity contribution >= 4 is 27.5 Å². The Morgan fingerprint density at radius 2 is 2.22 bits per heavy atom. The van der Waals surface area contributed by atoms with Gasteiger partial charge in [0.2, 0.25) is 0 Å². The summed E-state index contributed by atoms with van der Waals surface area (Å²) >= 11 is 9.13. The van der Waals surface area contributed by atoms with Crippen LogP contribution in [0.4, 0.5) is 4.39 Å². The molecule has 0 bridgehead atoms. The van der Waals surface area contributed by atoms with Gasteiger partial charge in [0.05, 0.1) is 20.9 Å². The van der Waals surface area contributed by atoms with E-state index in [1.165, 1.54) is 12.1 Å². The lowest BCUT2D eigenvalue weighted by Crippen LogP contribution is -2.03. The van der Waals surface area contributed by atoms with Crippen LogP contribution in [0.1, 0.15) is 11.4 Å². The van der Waals surface area contributed by atoms with Gasteiger partial charge in [-0.3, -0.25) is 4.68 Å². The Morgan fingerprint density at radius 3 is 2.78 bits per heavy atom. The summed E-state index contributed by atoms with van der Waals surface area (Å²) in [5, 5.41) is 4.31. The molecule has 0 atom stereocenters. The highest BCUT2D eigenvalue weighted by Crippen LogP contribution is 2.24. The number of hydrogen-bond acceptors (Lipinski definition) is 2. The molecule has 3 nitrogen and oxygen atoms in total. The number of aromatic nitrogens is 2. The number of halogens is 3. The molecule has 1 heterocycles. The van der Waals surface area contributed by atoms with Gasteiger partial charge in [-0.15, -0.1) is 0 Å². The van der Waals surface area contributed by atoms with Crippen LogP contribution in [-0.2, 0) is 13.7 Å². The Kier molecular flexibility index (Phi) is 3.92. The minimum Gasteiger partial charge on any atom is -0.487 e. The largest absolute Gasteiger partial charge is 0.487 e. The third-order valence-electron chi connectivity index (χ3n) is 2.53. The van der Waals surface area contributed by atoms with Crippen molar-refractivity contribution in [1.82, 2.24) is 9.78 Å². The first-order valence-corrected chi connectivity index (χ1v) is 6.42. The van der Waals surface area contributed by atoms with E-state index in [4.69, 9.17) is 16.3 Å². The maximum Gasteiger partial charge on any atom is 0.142 e. The van der Waals surface area contributed by atoms with Crippen molar-refractivity contribution in [2.24, 2.45) is 7.05 Å². The van der Waals surface area contributed by atoms with E-state index in [-0.39, 0.29) is 5.02 Å². The molecule has 0 N–H and O–H groups in total. The average Bonchev–Trinajstić information content (AvgIpc) is 2.56. The van der Waals surface area contributed by atoms with Gasteiger partial charge in [0.1, 0.15) is 18.2 Å². The maximum atomic E-state index is 13.0. The van der Waals surface area contributed by atoms with Gasteiger partial charge in [-0.2, -0.15) is 5.10 Å². The zero-order chi connectivity index (χ0) is 13.3. The summed E-state index contributed by atoms with van der Waals surface area (Å²) in [7, 11) is 1.84.